The molecule has 0 saturated carbocycles. The summed E-state index contributed by atoms with van der Waals surface area (Å²) < 4.78 is 33.1. The number of nitrogens with zero attached hydrogens (tertiary/aromatic N) is 2. The minimum Gasteiger partial charge on any atom is -0.494 e. The molecular weight excluding hydrogens is 432 g/mol. The van der Waals surface area contributed by atoms with E-state index in [1.54, 1.807) is 28.8 Å². The molecule has 0 aliphatic heterocycles. The molecule has 0 saturated heterocycles. The second-order valence-electron chi connectivity index (χ2n) is 6.98. The molecule has 0 spiro atoms. The van der Waals surface area contributed by atoms with E-state index in [2.05, 4.69) is 10.9 Å². The van der Waals surface area contributed by atoms with Gasteiger partial charge in [-0.25, -0.2) is 8.42 Å². The van der Waals surface area contributed by atoms with Gasteiger partial charge in [-0.2, -0.15) is 4.99 Å². The first-order valence-corrected chi connectivity index (χ1v) is 12.4. The van der Waals surface area contributed by atoms with E-state index in [0.717, 1.165) is 21.5 Å². The molecule has 6 nitrogen and oxygen atoms in total. The summed E-state index contributed by atoms with van der Waals surface area (Å²) in [5, 5.41) is 0. The number of benzene rings is 2. The van der Waals surface area contributed by atoms with Gasteiger partial charge in [0.25, 0.3) is 0 Å². The number of fused-ring (bicyclic) bond motifs is 1. The van der Waals surface area contributed by atoms with Gasteiger partial charge in [-0.05, 0) is 50.6 Å². The Bertz CT molecular complexity index is 1290. The van der Waals surface area contributed by atoms with Gasteiger partial charge in [0.05, 0.1) is 34.0 Å². The van der Waals surface area contributed by atoms with E-state index >= 15 is 0 Å². The first kappa shape index (κ1) is 22.8. The molecule has 1 amide bonds. The fourth-order valence-corrected chi connectivity index (χ4v) is 5.46. The highest BCUT2D eigenvalue weighted by Crippen LogP contribution is 2.23. The first-order chi connectivity index (χ1) is 14.8. The molecule has 8 heteroatoms. The molecule has 0 fully saturated rings. The second kappa shape index (κ2) is 9.94. The van der Waals surface area contributed by atoms with E-state index in [9.17, 15) is 13.2 Å². The Balaban J connectivity index is 1.76. The van der Waals surface area contributed by atoms with Crippen LogP contribution in [0.5, 0.6) is 5.75 Å². The monoisotopic (exact) mass is 456 g/mol. The fourth-order valence-electron chi connectivity index (χ4n) is 3.08. The normalized spacial score (nSPS) is 12.1. The smallest absolute Gasteiger partial charge is 0.248 e. The number of amides is 1. The van der Waals surface area contributed by atoms with E-state index in [1.165, 1.54) is 11.3 Å². The molecule has 0 aliphatic rings. The quantitative estimate of drug-likeness (QED) is 0.484. The van der Waals surface area contributed by atoms with Crippen LogP contribution in [0.25, 0.3) is 10.2 Å². The molecule has 0 unspecified atom stereocenters. The lowest BCUT2D eigenvalue weighted by atomic mass is 10.2. The zero-order valence-corrected chi connectivity index (χ0v) is 19.1. The highest BCUT2D eigenvalue weighted by molar-refractivity contribution is 7.91. The molecule has 0 radical (unpaired) electrons. The highest BCUT2D eigenvalue weighted by Gasteiger charge is 2.15. The van der Waals surface area contributed by atoms with Gasteiger partial charge in [-0.3, -0.25) is 4.79 Å². The first-order valence-electron chi connectivity index (χ1n) is 9.90. The minimum atomic E-state index is -3.43. The van der Waals surface area contributed by atoms with Gasteiger partial charge in [0.15, 0.2) is 14.6 Å². The van der Waals surface area contributed by atoms with Crippen molar-refractivity contribution in [3.8, 4) is 18.1 Å². The highest BCUT2D eigenvalue weighted by atomic mass is 32.2. The van der Waals surface area contributed by atoms with Crippen molar-refractivity contribution in [3.05, 3.63) is 52.8 Å². The zero-order chi connectivity index (χ0) is 22.4. The number of rotatable bonds is 8. The van der Waals surface area contributed by atoms with E-state index in [1.807, 2.05) is 32.0 Å². The molecule has 31 heavy (non-hydrogen) atoms. The Hall–Kier alpha value is -2.89. The van der Waals surface area contributed by atoms with Crippen LogP contribution in [0, 0.1) is 19.3 Å². The van der Waals surface area contributed by atoms with Gasteiger partial charge < -0.3 is 9.30 Å². The molecule has 1 heterocycles. The molecular formula is C23H24N2O4S2. The summed E-state index contributed by atoms with van der Waals surface area (Å²) in [7, 11) is -3.43. The third kappa shape index (κ3) is 5.63. The van der Waals surface area contributed by atoms with Gasteiger partial charge in [-0.1, -0.05) is 35.0 Å². The summed E-state index contributed by atoms with van der Waals surface area (Å²) >= 11 is 1.35. The Labute approximate surface area is 186 Å². The number of carbonyl (C=O) groups excluding carboxylic acids is 1. The van der Waals surface area contributed by atoms with Gasteiger partial charge in [-0.15, -0.1) is 6.42 Å². The Morgan fingerprint density at radius 1 is 1.23 bits per heavy atom. The number of sulfone groups is 1. The maximum Gasteiger partial charge on any atom is 0.248 e. The summed E-state index contributed by atoms with van der Waals surface area (Å²) in [6.07, 6.45) is 5.74. The van der Waals surface area contributed by atoms with E-state index < -0.39 is 9.84 Å². The van der Waals surface area contributed by atoms with Crippen LogP contribution in [0.4, 0.5) is 0 Å². The number of aryl methyl sites for hydroxylation is 1. The van der Waals surface area contributed by atoms with Gasteiger partial charge in [0.1, 0.15) is 5.75 Å². The molecule has 0 N–H and O–H groups in total. The molecule has 0 aliphatic carbocycles. The Morgan fingerprint density at radius 2 is 1.97 bits per heavy atom. The third-order valence-corrected chi connectivity index (χ3v) is 7.48. The SMILES string of the molecule is C#CCn1c(=NC(=O)CCCS(=O)(=O)c2ccc(C)cc2)sc2cc(OCC)ccc21. The minimum absolute atomic E-state index is 0.0413. The lowest BCUT2D eigenvalue weighted by Gasteiger charge is -2.04. The molecule has 2 aromatic carbocycles. The number of aromatic nitrogens is 1. The second-order valence-corrected chi connectivity index (χ2v) is 10.1. The van der Waals surface area contributed by atoms with Crippen molar-refractivity contribution >= 4 is 37.3 Å². The van der Waals surface area contributed by atoms with Crippen molar-refractivity contribution in [2.24, 2.45) is 4.99 Å². The van der Waals surface area contributed by atoms with E-state index in [0.29, 0.717) is 11.4 Å². The summed E-state index contributed by atoms with van der Waals surface area (Å²) in [6, 6.07) is 12.3. The van der Waals surface area contributed by atoms with Crippen LogP contribution in [0.2, 0.25) is 0 Å². The van der Waals surface area contributed by atoms with Gasteiger partial charge in [0, 0.05) is 6.42 Å². The number of terminal acetylenes is 1. The Kier molecular flexibility index (Phi) is 7.31. The van der Waals surface area contributed by atoms with Crippen molar-refractivity contribution < 1.29 is 17.9 Å². The van der Waals surface area contributed by atoms with Gasteiger partial charge in [0.2, 0.25) is 5.91 Å². The maximum atomic E-state index is 12.4. The lowest BCUT2D eigenvalue weighted by molar-refractivity contribution is -0.118. The van der Waals surface area contributed by atoms with Crippen LogP contribution in [0.1, 0.15) is 25.3 Å². The summed E-state index contributed by atoms with van der Waals surface area (Å²) in [6.45, 7) is 4.65. The standard InChI is InChI=1S/C23H24N2O4S2/c1-4-14-25-20-13-10-18(29-5-2)16-21(20)30-23(25)24-22(26)7-6-15-31(27,28)19-11-8-17(3)9-12-19/h1,8-13,16H,5-7,14-15H2,2-3H3. The molecule has 3 rings (SSSR count). The van der Waals surface area contributed by atoms with Crippen LogP contribution in [0.15, 0.2) is 52.4 Å². The predicted octanol–water partition coefficient (Wildman–Crippen LogP) is 3.72. The summed E-state index contributed by atoms with van der Waals surface area (Å²) in [5.74, 6) is 2.85. The fraction of sp³-hybridized carbons (Fsp3) is 0.304. The molecule has 3 aromatic rings. The average Bonchev–Trinajstić information content (AvgIpc) is 3.05. The van der Waals surface area contributed by atoms with Crippen molar-refractivity contribution in [3.63, 3.8) is 0 Å². The van der Waals surface area contributed by atoms with Gasteiger partial charge >= 0.3 is 0 Å². The molecule has 162 valence electrons. The number of hydrogen-bond donors (Lipinski definition) is 0. The van der Waals surface area contributed by atoms with E-state index in [4.69, 9.17) is 11.2 Å². The van der Waals surface area contributed by atoms with Crippen LogP contribution in [-0.2, 0) is 21.2 Å². The van der Waals surface area contributed by atoms with Crippen molar-refractivity contribution in [2.45, 2.75) is 38.1 Å². The topological polar surface area (TPSA) is 77.7 Å². The van der Waals surface area contributed by atoms with Crippen molar-refractivity contribution in [1.82, 2.24) is 4.57 Å². The number of hydrogen-bond acceptors (Lipinski definition) is 5. The molecule has 0 atom stereocenters. The van der Waals surface area contributed by atoms with E-state index in [-0.39, 0.29) is 35.9 Å². The average molecular weight is 457 g/mol. The largest absolute Gasteiger partial charge is 0.494 e. The lowest BCUT2D eigenvalue weighted by Crippen LogP contribution is -2.16. The predicted molar refractivity (Wildman–Crippen MR) is 123 cm³/mol. The molecule has 1 aromatic heterocycles. The zero-order valence-electron chi connectivity index (χ0n) is 17.5. The number of ether oxygens (including phenoxy) is 1. The van der Waals surface area contributed by atoms with Crippen LogP contribution in [0.3, 0.4) is 0 Å². The van der Waals surface area contributed by atoms with Crippen LogP contribution >= 0.6 is 11.3 Å². The number of thiazole rings is 1. The van der Waals surface area contributed by atoms with Crippen molar-refractivity contribution in [2.75, 3.05) is 12.4 Å². The Morgan fingerprint density at radius 3 is 2.65 bits per heavy atom. The summed E-state index contributed by atoms with van der Waals surface area (Å²) in [5.41, 5.74) is 1.87. The summed E-state index contributed by atoms with van der Waals surface area (Å²) in [4.78, 5) is 17.4. The van der Waals surface area contributed by atoms with Crippen LogP contribution < -0.4 is 9.54 Å². The maximum absolute atomic E-state index is 12.4. The van der Waals surface area contributed by atoms with Crippen LogP contribution in [-0.4, -0.2) is 31.3 Å². The third-order valence-electron chi connectivity index (χ3n) is 4.62. The molecule has 0 bridgehead atoms. The van der Waals surface area contributed by atoms with Crippen molar-refractivity contribution in [1.29, 1.82) is 0 Å². The number of carbonyl (C=O) groups is 1.